The maximum absolute atomic E-state index is 13.5. The normalized spacial score (nSPS) is 10.6. The molecule has 0 saturated heterocycles. The Labute approximate surface area is 208 Å². The molecule has 0 N–H and O–H groups in total. The van der Waals surface area contributed by atoms with Crippen molar-refractivity contribution in [3.8, 4) is 0 Å². The van der Waals surface area contributed by atoms with Gasteiger partial charge in [-0.3, -0.25) is 34.0 Å². The molecule has 3 amide bonds. The number of imide groups is 1. The Morgan fingerprint density at radius 2 is 1.42 bits per heavy atom. The van der Waals surface area contributed by atoms with E-state index in [1.54, 1.807) is 69.1 Å². The van der Waals surface area contributed by atoms with Gasteiger partial charge in [-0.1, -0.05) is 24.3 Å². The lowest BCUT2D eigenvalue weighted by Crippen LogP contribution is -2.30. The quantitative estimate of drug-likeness (QED) is 0.356. The van der Waals surface area contributed by atoms with Crippen LogP contribution in [0.5, 0.6) is 0 Å². The van der Waals surface area contributed by atoms with E-state index in [4.69, 9.17) is 0 Å². The molecule has 8 heteroatoms. The van der Waals surface area contributed by atoms with Gasteiger partial charge in [-0.25, -0.2) is 0 Å². The first-order valence-electron chi connectivity index (χ1n) is 11.3. The van der Waals surface area contributed by atoms with Crippen molar-refractivity contribution >= 4 is 35.3 Å². The average Bonchev–Trinajstić information content (AvgIpc) is 2.91. The highest BCUT2D eigenvalue weighted by Crippen LogP contribution is 2.31. The predicted octanol–water partition coefficient (Wildman–Crippen LogP) is 3.82. The van der Waals surface area contributed by atoms with Crippen LogP contribution in [0.3, 0.4) is 0 Å². The predicted molar refractivity (Wildman–Crippen MR) is 134 cm³/mol. The number of carbonyl (C=O) groups excluding carboxylic acids is 4. The van der Waals surface area contributed by atoms with Crippen LogP contribution >= 0.6 is 0 Å². The van der Waals surface area contributed by atoms with Gasteiger partial charge in [0.15, 0.2) is 6.29 Å². The number of hydrogen-bond donors (Lipinski definition) is 0. The summed E-state index contributed by atoms with van der Waals surface area (Å²) in [5, 5.41) is 0.842. The molecule has 0 radical (unpaired) electrons. The summed E-state index contributed by atoms with van der Waals surface area (Å²) in [4.78, 5) is 61.5. The van der Waals surface area contributed by atoms with Crippen molar-refractivity contribution in [1.82, 2.24) is 19.8 Å². The maximum Gasteiger partial charge on any atom is 0.261 e. The summed E-state index contributed by atoms with van der Waals surface area (Å²) in [6.45, 7) is 2.16. The number of aldehydes is 1. The Balaban J connectivity index is 1.79. The van der Waals surface area contributed by atoms with Crippen LogP contribution in [0.25, 0.3) is 10.8 Å². The summed E-state index contributed by atoms with van der Waals surface area (Å²) in [7, 11) is 1.67. The standard InChI is InChI=1S/C28H24N4O4/c1-19-7-8-22(17-33)26-24(27(35)31(2)15-20-5-3-11-29-13-20)10-9-23(25(19)26)28(36)32(18-34)16-21-6-4-12-30-14-21/h3-14,17-18H,15-16H2,1-2H3. The van der Waals surface area contributed by atoms with Gasteiger partial charge in [0, 0.05) is 60.5 Å². The van der Waals surface area contributed by atoms with Crippen LogP contribution in [-0.2, 0) is 17.9 Å². The number of carbonyl (C=O) groups is 4. The van der Waals surface area contributed by atoms with E-state index in [2.05, 4.69) is 9.97 Å². The summed E-state index contributed by atoms with van der Waals surface area (Å²) in [5.74, 6) is -0.841. The van der Waals surface area contributed by atoms with Crippen LogP contribution in [-0.4, -0.2) is 51.3 Å². The number of aromatic nitrogens is 2. The van der Waals surface area contributed by atoms with E-state index >= 15 is 0 Å². The second-order valence-electron chi connectivity index (χ2n) is 8.42. The molecule has 0 fully saturated rings. The van der Waals surface area contributed by atoms with Crippen LogP contribution in [0.15, 0.2) is 73.3 Å². The minimum Gasteiger partial charge on any atom is -0.337 e. The summed E-state index contributed by atoms with van der Waals surface area (Å²) in [5.41, 5.74) is 3.06. The number of rotatable bonds is 8. The van der Waals surface area contributed by atoms with E-state index in [0.29, 0.717) is 46.7 Å². The van der Waals surface area contributed by atoms with Gasteiger partial charge in [0.25, 0.3) is 11.8 Å². The van der Waals surface area contributed by atoms with Crippen LogP contribution in [0.4, 0.5) is 0 Å². The molecule has 0 unspecified atom stereocenters. The van der Waals surface area contributed by atoms with Gasteiger partial charge in [-0.2, -0.15) is 0 Å². The highest BCUT2D eigenvalue weighted by atomic mass is 16.2. The molecule has 0 aliphatic rings. The van der Waals surface area contributed by atoms with Crippen molar-refractivity contribution in [3.05, 3.63) is 107 Å². The van der Waals surface area contributed by atoms with Crippen LogP contribution in [0, 0.1) is 6.92 Å². The monoisotopic (exact) mass is 480 g/mol. The molecule has 0 atom stereocenters. The molecule has 0 saturated carbocycles. The van der Waals surface area contributed by atoms with Crippen molar-refractivity contribution in [2.75, 3.05) is 7.05 Å². The Hall–Kier alpha value is -4.72. The number of amides is 3. The highest BCUT2D eigenvalue weighted by molar-refractivity contribution is 6.19. The molecule has 2 heterocycles. The SMILES string of the molecule is Cc1ccc(C=O)c2c(C(=O)N(C)Cc3cccnc3)ccc(C(=O)N(C=O)Cc3cccnc3)c12. The Kier molecular flexibility index (Phi) is 7.25. The summed E-state index contributed by atoms with van der Waals surface area (Å²) in [6.07, 6.45) is 7.67. The molecule has 36 heavy (non-hydrogen) atoms. The highest BCUT2D eigenvalue weighted by Gasteiger charge is 2.25. The van der Waals surface area contributed by atoms with Crippen LogP contribution < -0.4 is 0 Å². The topological polar surface area (TPSA) is 101 Å². The Bertz CT molecular complexity index is 1440. The number of fused-ring (bicyclic) bond motifs is 1. The largest absolute Gasteiger partial charge is 0.337 e. The van der Waals surface area contributed by atoms with Gasteiger partial charge < -0.3 is 4.90 Å². The van der Waals surface area contributed by atoms with Gasteiger partial charge in [0.1, 0.15) is 0 Å². The number of aryl methyl sites for hydroxylation is 1. The molecule has 0 spiro atoms. The van der Waals surface area contributed by atoms with E-state index in [1.807, 2.05) is 6.07 Å². The van der Waals surface area contributed by atoms with E-state index < -0.39 is 5.91 Å². The number of benzene rings is 2. The molecule has 4 aromatic rings. The first kappa shape index (κ1) is 24.4. The van der Waals surface area contributed by atoms with Crippen molar-refractivity contribution in [2.24, 2.45) is 0 Å². The third-order valence-electron chi connectivity index (χ3n) is 5.94. The first-order chi connectivity index (χ1) is 17.4. The zero-order valence-corrected chi connectivity index (χ0v) is 19.9. The summed E-state index contributed by atoms with van der Waals surface area (Å²) >= 11 is 0. The lowest BCUT2D eigenvalue weighted by atomic mass is 9.91. The van der Waals surface area contributed by atoms with Crippen LogP contribution in [0.2, 0.25) is 0 Å². The Morgan fingerprint density at radius 3 is 1.97 bits per heavy atom. The zero-order chi connectivity index (χ0) is 25.7. The van der Waals surface area contributed by atoms with Crippen molar-refractivity contribution < 1.29 is 19.2 Å². The summed E-state index contributed by atoms with van der Waals surface area (Å²) < 4.78 is 0. The van der Waals surface area contributed by atoms with Crippen LogP contribution in [0.1, 0.15) is 47.8 Å². The number of pyridine rings is 2. The lowest BCUT2D eigenvalue weighted by molar-refractivity contribution is -0.116. The molecular formula is C28H24N4O4. The molecule has 8 nitrogen and oxygen atoms in total. The molecule has 0 bridgehead atoms. The second kappa shape index (κ2) is 10.7. The molecule has 4 rings (SSSR count). The van der Waals surface area contributed by atoms with Gasteiger partial charge in [-0.15, -0.1) is 0 Å². The maximum atomic E-state index is 13.5. The lowest BCUT2D eigenvalue weighted by Gasteiger charge is -2.22. The van der Waals surface area contributed by atoms with Crippen molar-refractivity contribution in [2.45, 2.75) is 20.0 Å². The molecule has 0 aliphatic heterocycles. The molecule has 180 valence electrons. The molecule has 0 aliphatic carbocycles. The Morgan fingerprint density at radius 1 is 0.806 bits per heavy atom. The zero-order valence-electron chi connectivity index (χ0n) is 19.9. The van der Waals surface area contributed by atoms with Gasteiger partial charge in [0.2, 0.25) is 6.41 Å². The van der Waals surface area contributed by atoms with Gasteiger partial charge >= 0.3 is 0 Å². The third kappa shape index (κ3) is 4.88. The van der Waals surface area contributed by atoms with Gasteiger partial charge in [0.05, 0.1) is 6.54 Å². The fourth-order valence-electron chi connectivity index (χ4n) is 4.19. The van der Waals surface area contributed by atoms with Crippen molar-refractivity contribution in [1.29, 1.82) is 0 Å². The van der Waals surface area contributed by atoms with E-state index in [1.165, 1.54) is 17.0 Å². The minimum atomic E-state index is -0.535. The van der Waals surface area contributed by atoms with E-state index in [-0.39, 0.29) is 23.6 Å². The molecule has 2 aromatic carbocycles. The number of nitrogens with zero attached hydrogens (tertiary/aromatic N) is 4. The average molecular weight is 481 g/mol. The van der Waals surface area contributed by atoms with E-state index in [9.17, 15) is 19.2 Å². The molecule has 2 aromatic heterocycles. The third-order valence-corrected chi connectivity index (χ3v) is 5.94. The summed E-state index contributed by atoms with van der Waals surface area (Å²) in [6, 6.07) is 13.6. The second-order valence-corrected chi connectivity index (χ2v) is 8.42. The fourth-order valence-corrected chi connectivity index (χ4v) is 4.19. The number of hydrogen-bond acceptors (Lipinski definition) is 6. The molecular weight excluding hydrogens is 456 g/mol. The smallest absolute Gasteiger partial charge is 0.261 e. The van der Waals surface area contributed by atoms with Gasteiger partial charge in [-0.05, 0) is 53.3 Å². The van der Waals surface area contributed by atoms with E-state index in [0.717, 1.165) is 10.5 Å². The first-order valence-corrected chi connectivity index (χ1v) is 11.3. The minimum absolute atomic E-state index is 0.0403. The fraction of sp³-hybridized carbons (Fsp3) is 0.143. The van der Waals surface area contributed by atoms with Crippen molar-refractivity contribution in [3.63, 3.8) is 0 Å².